The summed E-state index contributed by atoms with van der Waals surface area (Å²) in [4.78, 5) is 37.0. The number of pyridine rings is 1. The molecule has 2 aliphatic rings. The molecule has 4 heterocycles. The maximum Gasteiger partial charge on any atom is 0.255 e. The summed E-state index contributed by atoms with van der Waals surface area (Å²) in [7, 11) is 1.75. The van der Waals surface area contributed by atoms with Crippen LogP contribution in [0.3, 0.4) is 0 Å². The Bertz CT molecular complexity index is 1260. The van der Waals surface area contributed by atoms with Gasteiger partial charge in [0.1, 0.15) is 0 Å². The summed E-state index contributed by atoms with van der Waals surface area (Å²) in [6.45, 7) is 2.98. The monoisotopic (exact) mass is 441 g/mol. The van der Waals surface area contributed by atoms with Gasteiger partial charge in [0.15, 0.2) is 5.78 Å². The number of Topliss-reactive ketones (excluding diaryl/α,β-unsaturated/α-hetero) is 1. The van der Waals surface area contributed by atoms with Crippen molar-refractivity contribution < 1.29 is 4.79 Å². The lowest BCUT2D eigenvalue weighted by Gasteiger charge is -2.30. The lowest BCUT2D eigenvalue weighted by molar-refractivity contribution is 0.0930. The number of ketones is 1. The summed E-state index contributed by atoms with van der Waals surface area (Å²) in [5.41, 5.74) is 4.25. The molecule has 0 amide bonds. The minimum absolute atomic E-state index is 0.0333. The Balaban J connectivity index is 1.47. The highest BCUT2D eigenvalue weighted by Gasteiger charge is 2.27. The van der Waals surface area contributed by atoms with Gasteiger partial charge in [-0.3, -0.25) is 19.1 Å². The zero-order valence-electron chi connectivity index (χ0n) is 18.7. The van der Waals surface area contributed by atoms with Crippen molar-refractivity contribution in [3.05, 3.63) is 82.4 Å². The van der Waals surface area contributed by atoms with E-state index in [1.165, 1.54) is 0 Å². The molecule has 1 aromatic carbocycles. The first-order chi connectivity index (χ1) is 16.1. The number of carbonyl (C=O) groups is 1. The predicted octanol–water partition coefficient (Wildman–Crippen LogP) is 2.93. The second-order valence-electron chi connectivity index (χ2n) is 8.61. The molecule has 1 unspecified atom stereocenters. The van der Waals surface area contributed by atoms with Gasteiger partial charge in [-0.1, -0.05) is 30.3 Å². The van der Waals surface area contributed by atoms with Gasteiger partial charge in [-0.2, -0.15) is 0 Å². The number of anilines is 1. The number of benzene rings is 1. The van der Waals surface area contributed by atoms with Gasteiger partial charge < -0.3 is 10.2 Å². The Kier molecular flexibility index (Phi) is 5.88. The molecular formula is C26H27N5O2. The Hall–Kier alpha value is -3.58. The lowest BCUT2D eigenvalue weighted by atomic mass is 9.89. The number of rotatable bonds is 5. The van der Waals surface area contributed by atoms with E-state index in [0.717, 1.165) is 54.7 Å². The van der Waals surface area contributed by atoms with E-state index in [0.29, 0.717) is 18.2 Å². The van der Waals surface area contributed by atoms with E-state index in [1.54, 1.807) is 30.1 Å². The smallest absolute Gasteiger partial charge is 0.255 e. The summed E-state index contributed by atoms with van der Waals surface area (Å²) in [6.07, 6.45) is 7.30. The summed E-state index contributed by atoms with van der Waals surface area (Å²) in [5.74, 6) is 0.869. The Labute approximate surface area is 192 Å². The molecule has 1 N–H and O–H groups in total. The van der Waals surface area contributed by atoms with Crippen molar-refractivity contribution in [3.63, 3.8) is 0 Å². The van der Waals surface area contributed by atoms with Gasteiger partial charge in [0, 0.05) is 62.2 Å². The Morgan fingerprint density at radius 1 is 1.15 bits per heavy atom. The Morgan fingerprint density at radius 3 is 2.76 bits per heavy atom. The van der Waals surface area contributed by atoms with Gasteiger partial charge in [0.25, 0.3) is 5.56 Å². The lowest BCUT2D eigenvalue weighted by Crippen LogP contribution is -2.35. The van der Waals surface area contributed by atoms with Crippen LogP contribution in [0, 0.1) is 5.92 Å². The van der Waals surface area contributed by atoms with E-state index in [1.807, 2.05) is 36.4 Å². The first kappa shape index (κ1) is 21.3. The third-order valence-electron chi connectivity index (χ3n) is 6.49. The SMILES string of the molecule is Cn1c(N2CCC=C(c3ccccc3C(=O)C3CCNC3)C2)nc(-c2ccncc2)cc1=O. The zero-order valence-corrected chi connectivity index (χ0v) is 18.7. The number of nitrogens with one attached hydrogen (secondary N) is 1. The van der Waals surface area contributed by atoms with E-state index in [2.05, 4.69) is 21.3 Å². The summed E-state index contributed by atoms with van der Waals surface area (Å²) < 4.78 is 1.59. The molecule has 5 rings (SSSR count). The molecule has 3 aromatic rings. The van der Waals surface area contributed by atoms with Gasteiger partial charge in [-0.25, -0.2) is 4.98 Å². The van der Waals surface area contributed by atoms with Crippen molar-refractivity contribution in [2.75, 3.05) is 31.1 Å². The van der Waals surface area contributed by atoms with E-state index >= 15 is 0 Å². The van der Waals surface area contributed by atoms with Crippen LogP contribution in [0.4, 0.5) is 5.95 Å². The molecule has 0 spiro atoms. The zero-order chi connectivity index (χ0) is 22.8. The van der Waals surface area contributed by atoms with Gasteiger partial charge in [0.05, 0.1) is 5.69 Å². The van der Waals surface area contributed by atoms with Crippen molar-refractivity contribution in [2.24, 2.45) is 13.0 Å². The number of aromatic nitrogens is 3. The molecule has 7 heteroatoms. The molecule has 2 aromatic heterocycles. The molecule has 1 fully saturated rings. The topological polar surface area (TPSA) is 80.1 Å². The van der Waals surface area contributed by atoms with Crippen LogP contribution in [0.2, 0.25) is 0 Å². The predicted molar refractivity (Wildman–Crippen MR) is 129 cm³/mol. The third kappa shape index (κ3) is 4.24. The van der Waals surface area contributed by atoms with Crippen molar-refractivity contribution in [2.45, 2.75) is 12.8 Å². The van der Waals surface area contributed by atoms with Crippen LogP contribution in [0.1, 0.15) is 28.8 Å². The van der Waals surface area contributed by atoms with Gasteiger partial charge in [-0.05, 0) is 42.7 Å². The van der Waals surface area contributed by atoms with E-state index in [-0.39, 0.29) is 17.3 Å². The van der Waals surface area contributed by atoms with E-state index < -0.39 is 0 Å². The molecule has 1 atom stereocenters. The third-order valence-corrected chi connectivity index (χ3v) is 6.49. The van der Waals surface area contributed by atoms with Crippen LogP contribution in [-0.2, 0) is 7.05 Å². The number of hydrogen-bond donors (Lipinski definition) is 1. The highest BCUT2D eigenvalue weighted by Crippen LogP contribution is 2.29. The number of hydrogen-bond acceptors (Lipinski definition) is 6. The standard InChI is InChI=1S/C26H27N5O2/c1-30-24(32)15-23(18-8-11-27-12-9-18)29-26(30)31-14-4-5-20(17-31)21-6-2-3-7-22(21)25(33)19-10-13-28-16-19/h2-3,5-9,11-12,15,19,28H,4,10,13-14,16-17H2,1H3. The van der Waals surface area contributed by atoms with Crippen LogP contribution >= 0.6 is 0 Å². The minimum atomic E-state index is -0.104. The summed E-state index contributed by atoms with van der Waals surface area (Å²) in [5, 5.41) is 3.29. The molecular weight excluding hydrogens is 414 g/mol. The molecule has 2 aliphatic heterocycles. The van der Waals surface area contributed by atoms with Gasteiger partial charge in [0.2, 0.25) is 5.95 Å². The normalized spacial score (nSPS) is 18.3. The molecule has 0 aliphatic carbocycles. The minimum Gasteiger partial charge on any atom is -0.338 e. The molecule has 0 saturated carbocycles. The fraction of sp³-hybridized carbons (Fsp3) is 0.308. The fourth-order valence-corrected chi connectivity index (χ4v) is 4.67. The quantitative estimate of drug-likeness (QED) is 0.614. The van der Waals surface area contributed by atoms with Crippen molar-refractivity contribution in [1.82, 2.24) is 19.9 Å². The van der Waals surface area contributed by atoms with Crippen molar-refractivity contribution >= 4 is 17.3 Å². The Morgan fingerprint density at radius 2 is 1.97 bits per heavy atom. The molecule has 33 heavy (non-hydrogen) atoms. The van der Waals surface area contributed by atoms with Gasteiger partial charge >= 0.3 is 0 Å². The van der Waals surface area contributed by atoms with Crippen LogP contribution in [0.15, 0.2) is 65.7 Å². The molecule has 1 saturated heterocycles. The molecule has 0 radical (unpaired) electrons. The number of carbonyl (C=O) groups excluding carboxylic acids is 1. The maximum atomic E-state index is 13.2. The first-order valence-electron chi connectivity index (χ1n) is 11.4. The van der Waals surface area contributed by atoms with Crippen molar-refractivity contribution in [1.29, 1.82) is 0 Å². The average molecular weight is 442 g/mol. The summed E-state index contributed by atoms with van der Waals surface area (Å²) >= 11 is 0. The number of nitrogens with zero attached hydrogens (tertiary/aromatic N) is 4. The van der Waals surface area contributed by atoms with Crippen LogP contribution in [0.5, 0.6) is 0 Å². The van der Waals surface area contributed by atoms with E-state index in [9.17, 15) is 9.59 Å². The maximum absolute atomic E-state index is 13.2. The first-order valence-corrected chi connectivity index (χ1v) is 11.4. The van der Waals surface area contributed by atoms with Gasteiger partial charge in [-0.15, -0.1) is 0 Å². The van der Waals surface area contributed by atoms with Crippen LogP contribution < -0.4 is 15.8 Å². The fourth-order valence-electron chi connectivity index (χ4n) is 4.67. The highest BCUT2D eigenvalue weighted by atomic mass is 16.1. The summed E-state index contributed by atoms with van der Waals surface area (Å²) in [6, 6.07) is 13.2. The average Bonchev–Trinajstić information content (AvgIpc) is 3.41. The molecule has 168 valence electrons. The highest BCUT2D eigenvalue weighted by molar-refractivity contribution is 6.02. The second-order valence-corrected chi connectivity index (χ2v) is 8.61. The van der Waals surface area contributed by atoms with Crippen LogP contribution in [0.25, 0.3) is 16.8 Å². The van der Waals surface area contributed by atoms with Crippen LogP contribution in [-0.4, -0.2) is 46.5 Å². The molecule has 0 bridgehead atoms. The van der Waals surface area contributed by atoms with E-state index in [4.69, 9.17) is 4.98 Å². The molecule has 7 nitrogen and oxygen atoms in total. The van der Waals surface area contributed by atoms with Crippen molar-refractivity contribution in [3.8, 4) is 11.3 Å². The largest absolute Gasteiger partial charge is 0.338 e. The second kappa shape index (κ2) is 9.11.